The van der Waals surface area contributed by atoms with E-state index in [1.54, 1.807) is 12.1 Å². The predicted molar refractivity (Wildman–Crippen MR) is 67.9 cm³/mol. The predicted octanol–water partition coefficient (Wildman–Crippen LogP) is -1.06. The van der Waals surface area contributed by atoms with E-state index in [0.717, 1.165) is 37.4 Å². The Morgan fingerprint density at radius 2 is 2.26 bits per heavy atom. The molecule has 0 unspecified atom stereocenters. The molecule has 2 atom stereocenters. The SMILES string of the molecule is CCCN1CCO[C@H]2c3cc(O)ccc3OC[C@@H]21.[Cl-]. The summed E-state index contributed by atoms with van der Waals surface area (Å²) in [6.45, 7) is 5.64. The molecular weight excluding hydrogens is 266 g/mol. The van der Waals surface area contributed by atoms with Gasteiger partial charge in [0.05, 0.1) is 12.6 Å². The molecule has 3 rings (SSSR count). The molecule has 0 amide bonds. The van der Waals surface area contributed by atoms with Crippen molar-refractivity contribution < 1.29 is 27.0 Å². The molecule has 2 heterocycles. The summed E-state index contributed by atoms with van der Waals surface area (Å²) in [7, 11) is 0. The van der Waals surface area contributed by atoms with Gasteiger partial charge < -0.3 is 27.0 Å². The lowest BCUT2D eigenvalue weighted by molar-refractivity contribution is -0.0956. The highest BCUT2D eigenvalue weighted by atomic mass is 35.5. The van der Waals surface area contributed by atoms with Crippen molar-refractivity contribution in [1.82, 2.24) is 4.90 Å². The molecule has 4 nitrogen and oxygen atoms in total. The molecule has 0 aliphatic carbocycles. The highest BCUT2D eigenvalue weighted by molar-refractivity contribution is 5.43. The Balaban J connectivity index is 0.00000133. The molecule has 1 aromatic rings. The van der Waals surface area contributed by atoms with Crippen LogP contribution in [0.5, 0.6) is 11.5 Å². The maximum atomic E-state index is 9.62. The van der Waals surface area contributed by atoms with Crippen LogP contribution < -0.4 is 17.1 Å². The van der Waals surface area contributed by atoms with E-state index in [9.17, 15) is 5.11 Å². The Hall–Kier alpha value is -0.970. The minimum Gasteiger partial charge on any atom is -1.00 e. The van der Waals surface area contributed by atoms with Gasteiger partial charge in [-0.05, 0) is 31.2 Å². The van der Waals surface area contributed by atoms with Crippen LogP contribution in [0.3, 0.4) is 0 Å². The number of aromatic hydroxyl groups is 1. The summed E-state index contributed by atoms with van der Waals surface area (Å²) in [5.41, 5.74) is 0.979. The first-order valence-electron chi connectivity index (χ1n) is 6.61. The molecule has 1 aromatic carbocycles. The van der Waals surface area contributed by atoms with Crippen LogP contribution in [0.2, 0.25) is 0 Å². The van der Waals surface area contributed by atoms with Crippen molar-refractivity contribution in [2.45, 2.75) is 25.5 Å². The maximum Gasteiger partial charge on any atom is 0.125 e. The van der Waals surface area contributed by atoms with Crippen LogP contribution in [0.25, 0.3) is 0 Å². The summed E-state index contributed by atoms with van der Waals surface area (Å²) in [6, 6.07) is 5.52. The van der Waals surface area contributed by atoms with Crippen LogP contribution in [-0.4, -0.2) is 42.4 Å². The molecular formula is C14H19ClNO3-. The average molecular weight is 285 g/mol. The Morgan fingerprint density at radius 3 is 3.05 bits per heavy atom. The van der Waals surface area contributed by atoms with Gasteiger partial charge in [0.2, 0.25) is 0 Å². The topological polar surface area (TPSA) is 41.9 Å². The molecule has 1 N–H and O–H groups in total. The smallest absolute Gasteiger partial charge is 0.125 e. The van der Waals surface area contributed by atoms with E-state index in [2.05, 4.69) is 11.8 Å². The third-order valence-electron chi connectivity index (χ3n) is 3.71. The Bertz CT molecular complexity index is 439. The van der Waals surface area contributed by atoms with Gasteiger partial charge >= 0.3 is 0 Å². The number of hydrogen-bond acceptors (Lipinski definition) is 4. The van der Waals surface area contributed by atoms with E-state index >= 15 is 0 Å². The van der Waals surface area contributed by atoms with E-state index < -0.39 is 0 Å². The molecule has 0 bridgehead atoms. The molecule has 0 aromatic heterocycles. The van der Waals surface area contributed by atoms with Gasteiger partial charge in [-0.25, -0.2) is 0 Å². The van der Waals surface area contributed by atoms with Crippen molar-refractivity contribution in [3.8, 4) is 11.5 Å². The van der Waals surface area contributed by atoms with E-state index in [1.165, 1.54) is 0 Å². The molecule has 1 fully saturated rings. The molecule has 1 saturated heterocycles. The first-order valence-corrected chi connectivity index (χ1v) is 6.61. The van der Waals surface area contributed by atoms with Crippen molar-refractivity contribution in [2.24, 2.45) is 0 Å². The molecule has 5 heteroatoms. The van der Waals surface area contributed by atoms with Crippen molar-refractivity contribution in [1.29, 1.82) is 0 Å². The van der Waals surface area contributed by atoms with Gasteiger partial charge in [0, 0.05) is 12.1 Å². The van der Waals surface area contributed by atoms with E-state index in [1.807, 2.05) is 6.07 Å². The largest absolute Gasteiger partial charge is 1.00 e. The average Bonchev–Trinajstić information content (AvgIpc) is 2.39. The number of ether oxygens (including phenoxy) is 2. The maximum absolute atomic E-state index is 9.62. The fourth-order valence-corrected chi connectivity index (χ4v) is 2.88. The number of benzene rings is 1. The highest BCUT2D eigenvalue weighted by Gasteiger charge is 2.38. The number of halogens is 1. The molecule has 19 heavy (non-hydrogen) atoms. The van der Waals surface area contributed by atoms with E-state index in [4.69, 9.17) is 9.47 Å². The van der Waals surface area contributed by atoms with Crippen molar-refractivity contribution in [3.05, 3.63) is 23.8 Å². The first-order chi connectivity index (χ1) is 8.79. The minimum absolute atomic E-state index is 0. The summed E-state index contributed by atoms with van der Waals surface area (Å²) in [5.74, 6) is 1.11. The van der Waals surface area contributed by atoms with Gasteiger partial charge in [-0.2, -0.15) is 0 Å². The van der Waals surface area contributed by atoms with Gasteiger partial charge in [-0.1, -0.05) is 6.92 Å². The van der Waals surface area contributed by atoms with Crippen LogP contribution in [0.1, 0.15) is 25.0 Å². The number of phenols is 1. The highest BCUT2D eigenvalue weighted by Crippen LogP contribution is 2.40. The van der Waals surface area contributed by atoms with Crippen molar-refractivity contribution in [2.75, 3.05) is 26.3 Å². The van der Waals surface area contributed by atoms with Gasteiger partial charge in [0.25, 0.3) is 0 Å². The van der Waals surface area contributed by atoms with E-state index in [-0.39, 0.29) is 30.3 Å². The lowest BCUT2D eigenvalue weighted by Gasteiger charge is -2.44. The number of phenolic OH excluding ortho intramolecular Hbond substituents is 1. The van der Waals surface area contributed by atoms with Crippen molar-refractivity contribution >= 4 is 0 Å². The summed E-state index contributed by atoms with van der Waals surface area (Å²) in [4.78, 5) is 2.43. The zero-order valence-electron chi connectivity index (χ0n) is 11.0. The van der Waals surface area contributed by atoms with E-state index in [0.29, 0.717) is 6.61 Å². The molecule has 2 aliphatic rings. The van der Waals surface area contributed by atoms with Crippen molar-refractivity contribution in [3.63, 3.8) is 0 Å². The third-order valence-corrected chi connectivity index (χ3v) is 3.71. The van der Waals surface area contributed by atoms with Gasteiger partial charge in [0.15, 0.2) is 0 Å². The second kappa shape index (κ2) is 5.99. The fraction of sp³-hybridized carbons (Fsp3) is 0.571. The summed E-state index contributed by atoms with van der Waals surface area (Å²) < 4.78 is 11.7. The van der Waals surface area contributed by atoms with Crippen LogP contribution in [0.4, 0.5) is 0 Å². The van der Waals surface area contributed by atoms with Crippen LogP contribution in [0, 0.1) is 0 Å². The zero-order chi connectivity index (χ0) is 12.5. The Labute approximate surface area is 119 Å². The molecule has 106 valence electrons. The summed E-state index contributed by atoms with van der Waals surface area (Å²) in [5, 5.41) is 9.62. The second-order valence-electron chi connectivity index (χ2n) is 4.93. The molecule has 2 aliphatic heterocycles. The molecule has 0 saturated carbocycles. The lowest BCUT2D eigenvalue weighted by Crippen LogP contribution is -3.00. The summed E-state index contributed by atoms with van der Waals surface area (Å²) >= 11 is 0. The number of nitrogens with zero attached hydrogens (tertiary/aromatic N) is 1. The first kappa shape index (κ1) is 14.4. The van der Waals surface area contributed by atoms with Crippen LogP contribution in [0.15, 0.2) is 18.2 Å². The van der Waals surface area contributed by atoms with Crippen LogP contribution in [-0.2, 0) is 4.74 Å². The normalized spacial score (nSPS) is 25.7. The number of fused-ring (bicyclic) bond motifs is 3. The van der Waals surface area contributed by atoms with Gasteiger partial charge in [-0.3, -0.25) is 4.90 Å². The number of hydrogen-bond donors (Lipinski definition) is 1. The Kier molecular flexibility index (Phi) is 4.55. The fourth-order valence-electron chi connectivity index (χ4n) is 2.88. The third kappa shape index (κ3) is 2.66. The summed E-state index contributed by atoms with van der Waals surface area (Å²) in [6.07, 6.45) is 1.16. The Morgan fingerprint density at radius 1 is 1.42 bits per heavy atom. The molecule has 0 spiro atoms. The monoisotopic (exact) mass is 284 g/mol. The number of rotatable bonds is 2. The van der Waals surface area contributed by atoms with Gasteiger partial charge in [-0.15, -0.1) is 0 Å². The zero-order valence-corrected chi connectivity index (χ0v) is 11.8. The molecule has 0 radical (unpaired) electrons. The second-order valence-corrected chi connectivity index (χ2v) is 4.93. The van der Waals surface area contributed by atoms with Gasteiger partial charge in [0.1, 0.15) is 24.2 Å². The van der Waals surface area contributed by atoms with Crippen LogP contribution >= 0.6 is 0 Å². The quantitative estimate of drug-likeness (QED) is 0.752. The standard InChI is InChI=1S/C14H19NO3.ClH/c1-2-5-15-6-7-17-14-11-8-10(16)3-4-13(11)18-9-12(14)15;/h3-4,8,12,14,16H,2,5-7,9H2,1H3;1H/p-1/t12-,14-;/m0./s1. The minimum atomic E-state index is 0. The lowest BCUT2D eigenvalue weighted by atomic mass is 9.96. The number of morpholine rings is 1.